The summed E-state index contributed by atoms with van der Waals surface area (Å²) in [5, 5.41) is 11.9. The average Bonchev–Trinajstić information content (AvgIpc) is 3.28. The molecule has 116 valence electrons. The number of carbonyl (C=O) groups is 2. The fourth-order valence-electron chi connectivity index (χ4n) is 2.26. The van der Waals surface area contributed by atoms with Gasteiger partial charge in [0.25, 0.3) is 5.91 Å². The minimum atomic E-state index is -0.702. The van der Waals surface area contributed by atoms with Crippen molar-refractivity contribution in [1.82, 2.24) is 10.2 Å². The van der Waals surface area contributed by atoms with Crippen LogP contribution in [0.25, 0.3) is 0 Å². The Balaban J connectivity index is 2.14. The molecule has 0 aliphatic heterocycles. The average molecular weight is 299 g/mol. The number of hydrogen-bond acceptors (Lipinski definition) is 3. The standard InChI is InChI=1S/C17H21N3O2/c1-3-20(12-18)15(21)14(11-13-7-5-4-6-8-13)19-16(22)17(2)9-10-17/h4-8,14H,3,9-11H2,1-2H3,(H,19,22). The Morgan fingerprint density at radius 2 is 2.00 bits per heavy atom. The van der Waals surface area contributed by atoms with Gasteiger partial charge in [-0.05, 0) is 25.3 Å². The first kappa shape index (κ1) is 16.0. The van der Waals surface area contributed by atoms with E-state index in [9.17, 15) is 9.59 Å². The van der Waals surface area contributed by atoms with Crippen molar-refractivity contribution < 1.29 is 9.59 Å². The van der Waals surface area contributed by atoms with Crippen molar-refractivity contribution >= 4 is 11.8 Å². The minimum Gasteiger partial charge on any atom is -0.343 e. The Kier molecular flexibility index (Phi) is 4.81. The van der Waals surface area contributed by atoms with Gasteiger partial charge in [-0.15, -0.1) is 0 Å². The molecule has 1 N–H and O–H groups in total. The molecule has 5 heteroatoms. The van der Waals surface area contributed by atoms with Gasteiger partial charge in [-0.2, -0.15) is 5.26 Å². The number of rotatable bonds is 6. The topological polar surface area (TPSA) is 73.2 Å². The van der Waals surface area contributed by atoms with E-state index in [1.54, 1.807) is 6.92 Å². The first-order valence-electron chi connectivity index (χ1n) is 7.56. The molecule has 0 aromatic heterocycles. The number of nitrogens with one attached hydrogen (secondary N) is 1. The molecule has 1 fully saturated rings. The summed E-state index contributed by atoms with van der Waals surface area (Å²) in [4.78, 5) is 25.8. The predicted octanol–water partition coefficient (Wildman–Crippen LogP) is 1.84. The van der Waals surface area contributed by atoms with Crippen LogP contribution in [0.4, 0.5) is 0 Å². The summed E-state index contributed by atoms with van der Waals surface area (Å²) in [6.07, 6.45) is 3.96. The van der Waals surface area contributed by atoms with Crippen LogP contribution in [-0.4, -0.2) is 29.3 Å². The van der Waals surface area contributed by atoms with Crippen molar-refractivity contribution in [2.75, 3.05) is 6.54 Å². The molecule has 2 amide bonds. The van der Waals surface area contributed by atoms with Gasteiger partial charge >= 0.3 is 0 Å². The Morgan fingerprint density at radius 3 is 2.50 bits per heavy atom. The first-order valence-corrected chi connectivity index (χ1v) is 7.56. The molecule has 1 aliphatic rings. The van der Waals surface area contributed by atoms with Crippen LogP contribution in [-0.2, 0) is 16.0 Å². The van der Waals surface area contributed by atoms with Crippen molar-refractivity contribution in [2.24, 2.45) is 5.41 Å². The number of hydrogen-bond donors (Lipinski definition) is 1. The van der Waals surface area contributed by atoms with E-state index in [1.807, 2.05) is 43.4 Å². The molecule has 1 aliphatic carbocycles. The van der Waals surface area contributed by atoms with Crippen LogP contribution in [0.1, 0.15) is 32.3 Å². The summed E-state index contributed by atoms with van der Waals surface area (Å²) in [7, 11) is 0. The molecule has 0 heterocycles. The zero-order valence-corrected chi connectivity index (χ0v) is 13.0. The molecule has 1 aromatic carbocycles. The van der Waals surface area contributed by atoms with Gasteiger partial charge in [0.05, 0.1) is 0 Å². The fourth-order valence-corrected chi connectivity index (χ4v) is 2.26. The number of benzene rings is 1. The van der Waals surface area contributed by atoms with Crippen molar-refractivity contribution in [1.29, 1.82) is 5.26 Å². The second-order valence-electron chi connectivity index (χ2n) is 5.96. The molecule has 1 atom stereocenters. The van der Waals surface area contributed by atoms with Gasteiger partial charge < -0.3 is 5.32 Å². The second-order valence-corrected chi connectivity index (χ2v) is 5.96. The normalized spacial score (nSPS) is 16.2. The number of amides is 2. The maximum Gasteiger partial charge on any atom is 0.258 e. The lowest BCUT2D eigenvalue weighted by Crippen LogP contribution is -2.50. The maximum absolute atomic E-state index is 12.5. The van der Waals surface area contributed by atoms with Crippen molar-refractivity contribution in [3.8, 4) is 6.19 Å². The summed E-state index contributed by atoms with van der Waals surface area (Å²) in [6, 6.07) is 8.80. The van der Waals surface area contributed by atoms with Crippen LogP contribution in [0.3, 0.4) is 0 Å². The molecule has 1 saturated carbocycles. The van der Waals surface area contributed by atoms with E-state index in [-0.39, 0.29) is 17.2 Å². The van der Waals surface area contributed by atoms with Gasteiger partial charge in [-0.1, -0.05) is 37.3 Å². The van der Waals surface area contributed by atoms with Crippen LogP contribution in [0, 0.1) is 16.9 Å². The molecule has 5 nitrogen and oxygen atoms in total. The smallest absolute Gasteiger partial charge is 0.258 e. The summed E-state index contributed by atoms with van der Waals surface area (Å²) < 4.78 is 0. The van der Waals surface area contributed by atoms with Gasteiger partial charge in [-0.25, -0.2) is 4.90 Å². The van der Waals surface area contributed by atoms with E-state index in [1.165, 1.54) is 0 Å². The zero-order valence-electron chi connectivity index (χ0n) is 13.0. The Labute approximate surface area is 130 Å². The Bertz CT molecular complexity index is 588. The van der Waals surface area contributed by atoms with E-state index in [4.69, 9.17) is 5.26 Å². The lowest BCUT2D eigenvalue weighted by Gasteiger charge is -2.23. The molecular weight excluding hydrogens is 278 g/mol. The third-order valence-corrected chi connectivity index (χ3v) is 4.14. The summed E-state index contributed by atoms with van der Waals surface area (Å²) in [6.45, 7) is 3.94. The highest BCUT2D eigenvalue weighted by Gasteiger charge is 2.46. The van der Waals surface area contributed by atoms with Gasteiger partial charge in [0.15, 0.2) is 6.19 Å². The molecule has 2 rings (SSSR count). The van der Waals surface area contributed by atoms with Gasteiger partial charge in [0.2, 0.25) is 5.91 Å². The predicted molar refractivity (Wildman–Crippen MR) is 82.4 cm³/mol. The van der Waals surface area contributed by atoms with Crippen molar-refractivity contribution in [3.63, 3.8) is 0 Å². The van der Waals surface area contributed by atoms with Crippen molar-refractivity contribution in [2.45, 2.75) is 39.2 Å². The SMILES string of the molecule is CCN(C#N)C(=O)C(Cc1ccccc1)NC(=O)C1(C)CC1. The van der Waals surface area contributed by atoms with Gasteiger partial charge in [-0.3, -0.25) is 9.59 Å². The molecule has 0 radical (unpaired) electrons. The van der Waals surface area contributed by atoms with Gasteiger partial charge in [0, 0.05) is 18.4 Å². The zero-order chi connectivity index (χ0) is 16.2. The largest absolute Gasteiger partial charge is 0.343 e. The molecule has 22 heavy (non-hydrogen) atoms. The molecule has 0 bridgehead atoms. The molecule has 1 unspecified atom stereocenters. The second kappa shape index (κ2) is 6.61. The highest BCUT2D eigenvalue weighted by Crippen LogP contribution is 2.45. The van der Waals surface area contributed by atoms with Gasteiger partial charge in [0.1, 0.15) is 6.04 Å². The van der Waals surface area contributed by atoms with E-state index in [2.05, 4.69) is 5.32 Å². The monoisotopic (exact) mass is 299 g/mol. The lowest BCUT2D eigenvalue weighted by molar-refractivity contribution is -0.135. The van der Waals surface area contributed by atoms with E-state index >= 15 is 0 Å². The first-order chi connectivity index (χ1) is 10.5. The maximum atomic E-state index is 12.5. The molecule has 0 spiro atoms. The summed E-state index contributed by atoms with van der Waals surface area (Å²) in [5.41, 5.74) is 0.606. The molecular formula is C17H21N3O2. The van der Waals surface area contributed by atoms with Crippen LogP contribution in [0.5, 0.6) is 0 Å². The number of nitrogens with zero attached hydrogens (tertiary/aromatic N) is 2. The highest BCUT2D eigenvalue weighted by atomic mass is 16.2. The van der Waals surface area contributed by atoms with E-state index < -0.39 is 6.04 Å². The lowest BCUT2D eigenvalue weighted by atomic mass is 10.0. The van der Waals surface area contributed by atoms with E-state index in [0.717, 1.165) is 23.3 Å². The fraction of sp³-hybridized carbons (Fsp3) is 0.471. The minimum absolute atomic E-state index is 0.101. The van der Waals surface area contributed by atoms with Crippen molar-refractivity contribution in [3.05, 3.63) is 35.9 Å². The third-order valence-electron chi connectivity index (χ3n) is 4.14. The molecule has 1 aromatic rings. The van der Waals surface area contributed by atoms with Crippen LogP contribution in [0.15, 0.2) is 30.3 Å². The Morgan fingerprint density at radius 1 is 1.36 bits per heavy atom. The van der Waals surface area contributed by atoms with Crippen LogP contribution >= 0.6 is 0 Å². The van der Waals surface area contributed by atoms with Crippen LogP contribution in [0.2, 0.25) is 0 Å². The third kappa shape index (κ3) is 3.64. The summed E-state index contributed by atoms with van der Waals surface area (Å²) >= 11 is 0. The van der Waals surface area contributed by atoms with E-state index in [0.29, 0.717) is 13.0 Å². The summed E-state index contributed by atoms with van der Waals surface area (Å²) in [5.74, 6) is -0.456. The number of carbonyl (C=O) groups excluding carboxylic acids is 2. The Hall–Kier alpha value is -2.35. The quantitative estimate of drug-likeness (QED) is 0.643. The highest BCUT2D eigenvalue weighted by molar-refractivity contribution is 5.91. The molecule has 0 saturated heterocycles. The number of nitriles is 1. The van der Waals surface area contributed by atoms with Crippen LogP contribution < -0.4 is 5.32 Å². The number of likely N-dealkylation sites (N-methyl/N-ethyl adjacent to an activating group) is 1.